The molecule has 2 unspecified atom stereocenters. The maximum Gasteiger partial charge on any atom is 0.319 e. The molecular formula is C34H36F3N7O2S. The third kappa shape index (κ3) is 5.21. The molecule has 3 N–H and O–H groups in total. The van der Waals surface area contributed by atoms with Crippen LogP contribution in [0.25, 0.3) is 32.1 Å². The number of nitrogen functional groups attached to an aromatic ring is 1. The molecule has 5 heterocycles. The van der Waals surface area contributed by atoms with Gasteiger partial charge in [0.25, 0.3) is 0 Å². The number of hydrogen-bond acceptors (Lipinski definition) is 10. The fraction of sp³-hybridized carbons (Fsp3) is 0.500. The van der Waals surface area contributed by atoms with Crippen molar-refractivity contribution in [1.29, 1.82) is 5.26 Å². The highest BCUT2D eigenvalue weighted by Crippen LogP contribution is 2.47. The predicted octanol–water partition coefficient (Wildman–Crippen LogP) is 5.79. The average Bonchev–Trinajstić information content (AvgIpc) is 3.73. The molecule has 4 fully saturated rings. The van der Waals surface area contributed by atoms with Gasteiger partial charge >= 0.3 is 6.01 Å². The average molecular weight is 664 g/mol. The van der Waals surface area contributed by atoms with Gasteiger partial charge < -0.3 is 25.4 Å². The number of nitriles is 1. The standard InChI is InChI=1S/C34H36F3N7O2S/c1-45-25-11-22-29(28(37)27(25)21-5-6-24(36)30-26(21)23(12-38)31(39)47-30)41-33(42-32(22)44-14-19-3-4-20(15-44)40-19)46-17-34(8-2-9-34)16-43-10-7-18(35)13-43/h5-6,11,18-20,40H,2-4,7-10,13-17,39H2,1H3/t18-,19?,20?/m1/s1. The molecule has 3 saturated heterocycles. The van der Waals surface area contributed by atoms with E-state index in [9.17, 15) is 14.0 Å². The van der Waals surface area contributed by atoms with Gasteiger partial charge in [-0.15, -0.1) is 11.3 Å². The maximum absolute atomic E-state index is 17.1. The van der Waals surface area contributed by atoms with Crippen molar-refractivity contribution in [3.8, 4) is 29.0 Å². The number of fused-ring (bicyclic) bond motifs is 4. The summed E-state index contributed by atoms with van der Waals surface area (Å²) in [6.07, 6.45) is 4.87. The van der Waals surface area contributed by atoms with Crippen LogP contribution >= 0.6 is 11.3 Å². The fourth-order valence-corrected chi connectivity index (χ4v) is 8.96. The van der Waals surface area contributed by atoms with Crippen LogP contribution in [0.2, 0.25) is 0 Å². The molecule has 1 saturated carbocycles. The normalized spacial score (nSPS) is 23.7. The summed E-state index contributed by atoms with van der Waals surface area (Å²) in [5, 5.41) is 14.4. The number of halogens is 3. The number of nitrogens with two attached hydrogens (primary N) is 1. The molecule has 9 nitrogen and oxygen atoms in total. The van der Waals surface area contributed by atoms with Crippen molar-refractivity contribution in [2.75, 3.05) is 57.1 Å². The molecule has 2 aromatic carbocycles. The molecule has 1 aliphatic carbocycles. The second-order valence-corrected chi connectivity index (χ2v) is 14.6. The molecular weight excluding hydrogens is 627 g/mol. The van der Waals surface area contributed by atoms with E-state index >= 15 is 4.39 Å². The topological polar surface area (TPSA) is 113 Å². The quantitative estimate of drug-likeness (QED) is 0.242. The largest absolute Gasteiger partial charge is 0.496 e. The summed E-state index contributed by atoms with van der Waals surface area (Å²) >= 11 is 0.954. The van der Waals surface area contributed by atoms with Crippen molar-refractivity contribution < 1.29 is 22.6 Å². The van der Waals surface area contributed by atoms with Gasteiger partial charge in [-0.2, -0.15) is 15.2 Å². The minimum absolute atomic E-state index is 0.0494. The van der Waals surface area contributed by atoms with Crippen molar-refractivity contribution in [2.45, 2.75) is 56.8 Å². The number of hydrogen-bond donors (Lipinski definition) is 2. The molecule has 0 amide bonds. The summed E-state index contributed by atoms with van der Waals surface area (Å²) in [6, 6.07) is 7.16. The number of rotatable bonds is 8. The van der Waals surface area contributed by atoms with Gasteiger partial charge in [-0.3, -0.25) is 4.90 Å². The fourth-order valence-electron chi connectivity index (χ4n) is 8.01. The van der Waals surface area contributed by atoms with Crippen LogP contribution in [-0.2, 0) is 0 Å². The van der Waals surface area contributed by atoms with Crippen LogP contribution in [0.15, 0.2) is 18.2 Å². The number of nitrogens with zero attached hydrogens (tertiary/aromatic N) is 5. The SMILES string of the molecule is COc1cc2c(N3CC4CCC(C3)N4)nc(OCC3(CN4CC[C@@H](F)C4)CCC3)nc2c(F)c1-c1ccc(F)c2sc(N)c(C#N)c12. The highest BCUT2D eigenvalue weighted by molar-refractivity contribution is 7.23. The zero-order valence-electron chi connectivity index (χ0n) is 26.1. The lowest BCUT2D eigenvalue weighted by molar-refractivity contribution is 0.0196. The first-order valence-electron chi connectivity index (χ1n) is 16.3. The Labute approximate surface area is 274 Å². The molecule has 8 rings (SSSR count). The number of anilines is 2. The van der Waals surface area contributed by atoms with Gasteiger partial charge in [0, 0.05) is 61.0 Å². The number of methoxy groups -OCH3 is 1. The molecule has 246 valence electrons. The number of likely N-dealkylation sites (tertiary alicyclic amines) is 1. The number of aromatic nitrogens is 2. The van der Waals surface area contributed by atoms with E-state index in [1.165, 1.54) is 19.2 Å². The van der Waals surface area contributed by atoms with Gasteiger partial charge in [0.1, 0.15) is 40.1 Å². The summed E-state index contributed by atoms with van der Waals surface area (Å²) in [4.78, 5) is 13.9. The van der Waals surface area contributed by atoms with Crippen molar-refractivity contribution >= 4 is 43.1 Å². The number of piperazine rings is 1. The van der Waals surface area contributed by atoms with Crippen molar-refractivity contribution in [1.82, 2.24) is 20.2 Å². The predicted molar refractivity (Wildman–Crippen MR) is 176 cm³/mol. The van der Waals surface area contributed by atoms with E-state index in [0.717, 1.165) is 56.5 Å². The second kappa shape index (κ2) is 11.7. The van der Waals surface area contributed by atoms with E-state index in [0.29, 0.717) is 55.9 Å². The van der Waals surface area contributed by atoms with Crippen LogP contribution in [0.4, 0.5) is 24.0 Å². The van der Waals surface area contributed by atoms with E-state index in [2.05, 4.69) is 26.2 Å². The smallest absolute Gasteiger partial charge is 0.319 e. The first-order chi connectivity index (χ1) is 22.8. The van der Waals surface area contributed by atoms with Crippen LogP contribution in [0.5, 0.6) is 11.8 Å². The van der Waals surface area contributed by atoms with E-state index in [1.54, 1.807) is 6.07 Å². The number of nitrogens with one attached hydrogen (secondary N) is 1. The molecule has 2 bridgehead atoms. The van der Waals surface area contributed by atoms with Crippen molar-refractivity contribution in [2.24, 2.45) is 5.41 Å². The van der Waals surface area contributed by atoms with E-state index in [-0.39, 0.29) is 54.5 Å². The number of alkyl halides is 1. The molecule has 13 heteroatoms. The maximum atomic E-state index is 17.1. The summed E-state index contributed by atoms with van der Waals surface area (Å²) in [5.74, 6) is -0.455. The molecule has 3 aliphatic heterocycles. The summed E-state index contributed by atoms with van der Waals surface area (Å²) in [6.45, 7) is 3.68. The minimum Gasteiger partial charge on any atom is -0.496 e. The van der Waals surface area contributed by atoms with Gasteiger partial charge in [0.2, 0.25) is 0 Å². The van der Waals surface area contributed by atoms with Crippen LogP contribution in [0.1, 0.15) is 44.1 Å². The Hall–Kier alpha value is -3.86. The molecule has 2 aromatic heterocycles. The molecule has 3 atom stereocenters. The third-order valence-electron chi connectivity index (χ3n) is 10.5. The van der Waals surface area contributed by atoms with Crippen molar-refractivity contribution in [3.63, 3.8) is 0 Å². The van der Waals surface area contributed by atoms with Gasteiger partial charge in [0.15, 0.2) is 5.82 Å². The number of ether oxygens (including phenoxy) is 2. The molecule has 47 heavy (non-hydrogen) atoms. The van der Waals surface area contributed by atoms with Gasteiger partial charge in [-0.25, -0.2) is 13.2 Å². The Kier molecular flexibility index (Phi) is 7.57. The highest BCUT2D eigenvalue weighted by Gasteiger charge is 2.41. The first kappa shape index (κ1) is 30.5. The Morgan fingerprint density at radius 3 is 2.60 bits per heavy atom. The minimum atomic E-state index is -0.792. The Morgan fingerprint density at radius 2 is 1.94 bits per heavy atom. The van der Waals surface area contributed by atoms with Gasteiger partial charge in [0.05, 0.1) is 29.5 Å². The van der Waals surface area contributed by atoms with E-state index in [1.807, 2.05) is 0 Å². The zero-order valence-corrected chi connectivity index (χ0v) is 26.9. The van der Waals surface area contributed by atoms with Crippen LogP contribution < -0.4 is 25.4 Å². The van der Waals surface area contributed by atoms with Crippen LogP contribution in [-0.4, -0.2) is 79.6 Å². The Bertz CT molecular complexity index is 1910. The van der Waals surface area contributed by atoms with E-state index in [4.69, 9.17) is 20.2 Å². The lowest BCUT2D eigenvalue weighted by atomic mass is 9.69. The number of thiophene rings is 1. The highest BCUT2D eigenvalue weighted by atomic mass is 32.1. The van der Waals surface area contributed by atoms with Gasteiger partial charge in [-0.05, 0) is 49.8 Å². The molecule has 4 aliphatic rings. The van der Waals surface area contributed by atoms with Crippen molar-refractivity contribution in [3.05, 3.63) is 35.4 Å². The lowest BCUT2D eigenvalue weighted by Gasteiger charge is -2.43. The molecule has 4 aromatic rings. The Morgan fingerprint density at radius 1 is 1.15 bits per heavy atom. The monoisotopic (exact) mass is 663 g/mol. The van der Waals surface area contributed by atoms with Crippen LogP contribution in [0.3, 0.4) is 0 Å². The van der Waals surface area contributed by atoms with Crippen LogP contribution in [0, 0.1) is 28.4 Å². The number of benzene rings is 2. The van der Waals surface area contributed by atoms with E-state index < -0.39 is 17.8 Å². The molecule has 0 radical (unpaired) electrons. The third-order valence-corrected chi connectivity index (χ3v) is 11.5. The summed E-state index contributed by atoms with van der Waals surface area (Å²) < 4.78 is 58.3. The zero-order chi connectivity index (χ0) is 32.4. The first-order valence-corrected chi connectivity index (χ1v) is 17.1. The summed E-state index contributed by atoms with van der Waals surface area (Å²) in [7, 11) is 1.45. The Balaban J connectivity index is 1.25. The molecule has 0 spiro atoms. The van der Waals surface area contributed by atoms with Gasteiger partial charge in [-0.1, -0.05) is 12.5 Å². The summed E-state index contributed by atoms with van der Waals surface area (Å²) in [5.41, 5.74) is 6.46. The lowest BCUT2D eigenvalue weighted by Crippen LogP contribution is -2.51. The second-order valence-electron chi connectivity index (χ2n) is 13.6.